The Morgan fingerprint density at radius 3 is 1.69 bits per heavy atom. The van der Waals surface area contributed by atoms with Gasteiger partial charge in [0.25, 0.3) is 0 Å². The summed E-state index contributed by atoms with van der Waals surface area (Å²) in [6, 6.07) is 0. The Balaban J connectivity index is 0.00000144. The van der Waals surface area contributed by atoms with E-state index >= 15 is 0 Å². The standard InChI is InChI=1S/C10H20N2.W/c1-4-6-11-8-9-12(7-5-2)10(11)3;/h8-10H,4-7H2,1-3H3;. The van der Waals surface area contributed by atoms with Crippen LogP contribution in [0.3, 0.4) is 0 Å². The third-order valence-corrected chi connectivity index (χ3v) is 2.37. The van der Waals surface area contributed by atoms with E-state index < -0.39 is 0 Å². The maximum absolute atomic E-state index is 2.40. The topological polar surface area (TPSA) is 6.48 Å². The van der Waals surface area contributed by atoms with Crippen LogP contribution in [0, 0.1) is 0 Å². The predicted molar refractivity (Wildman–Crippen MR) is 52.6 cm³/mol. The maximum Gasteiger partial charge on any atom is 0.0977 e. The van der Waals surface area contributed by atoms with E-state index in [1.54, 1.807) is 0 Å². The first-order valence-electron chi connectivity index (χ1n) is 4.99. The van der Waals surface area contributed by atoms with Crippen LogP contribution in [0.1, 0.15) is 33.6 Å². The molecule has 0 amide bonds. The molecule has 1 aliphatic rings. The van der Waals surface area contributed by atoms with Crippen molar-refractivity contribution in [1.29, 1.82) is 0 Å². The average Bonchev–Trinajstić information content (AvgIpc) is 2.38. The molecule has 0 saturated carbocycles. The van der Waals surface area contributed by atoms with Crippen LogP contribution >= 0.6 is 0 Å². The molecule has 3 heteroatoms. The van der Waals surface area contributed by atoms with Gasteiger partial charge >= 0.3 is 0 Å². The van der Waals surface area contributed by atoms with E-state index in [-0.39, 0.29) is 21.1 Å². The van der Waals surface area contributed by atoms with Crippen LogP contribution in [0.2, 0.25) is 0 Å². The number of rotatable bonds is 4. The second-order valence-corrected chi connectivity index (χ2v) is 3.41. The molecule has 0 fully saturated rings. The smallest absolute Gasteiger partial charge is 0.0977 e. The van der Waals surface area contributed by atoms with E-state index in [4.69, 9.17) is 0 Å². The van der Waals surface area contributed by atoms with Crippen LogP contribution in [0.5, 0.6) is 0 Å². The molecule has 0 aromatic carbocycles. The van der Waals surface area contributed by atoms with E-state index in [2.05, 4.69) is 43.0 Å². The SMILES string of the molecule is CCCN1C=CN(CCC)C1C.[W]. The maximum atomic E-state index is 2.40. The summed E-state index contributed by atoms with van der Waals surface area (Å²) in [7, 11) is 0. The molecule has 0 aromatic rings. The summed E-state index contributed by atoms with van der Waals surface area (Å²) in [5.74, 6) is 0. The minimum absolute atomic E-state index is 0. The van der Waals surface area contributed by atoms with E-state index in [9.17, 15) is 0 Å². The van der Waals surface area contributed by atoms with Crippen molar-refractivity contribution in [1.82, 2.24) is 9.80 Å². The fourth-order valence-electron chi connectivity index (χ4n) is 1.65. The third kappa shape index (κ3) is 3.34. The molecule has 0 N–H and O–H groups in total. The summed E-state index contributed by atoms with van der Waals surface area (Å²) in [5, 5.41) is 0. The molecule has 76 valence electrons. The Kier molecular flexibility index (Phi) is 6.49. The first-order valence-corrected chi connectivity index (χ1v) is 4.99. The molecule has 1 rings (SSSR count). The molecule has 0 aliphatic carbocycles. The minimum atomic E-state index is 0. The van der Waals surface area contributed by atoms with Gasteiger partial charge in [-0.3, -0.25) is 0 Å². The van der Waals surface area contributed by atoms with Gasteiger partial charge in [-0.1, -0.05) is 13.8 Å². The van der Waals surface area contributed by atoms with Gasteiger partial charge in [0.15, 0.2) is 0 Å². The van der Waals surface area contributed by atoms with E-state index in [0.29, 0.717) is 6.17 Å². The van der Waals surface area contributed by atoms with Gasteiger partial charge in [-0.25, -0.2) is 0 Å². The van der Waals surface area contributed by atoms with Crippen molar-refractivity contribution >= 4 is 0 Å². The second kappa shape index (κ2) is 6.48. The van der Waals surface area contributed by atoms with Crippen molar-refractivity contribution in [3.63, 3.8) is 0 Å². The monoisotopic (exact) mass is 352 g/mol. The van der Waals surface area contributed by atoms with Gasteiger partial charge in [-0.2, -0.15) is 0 Å². The second-order valence-electron chi connectivity index (χ2n) is 3.41. The van der Waals surface area contributed by atoms with Crippen LogP contribution in [-0.4, -0.2) is 29.1 Å². The predicted octanol–water partition coefficient (Wildman–Crippen LogP) is 2.24. The van der Waals surface area contributed by atoms with Crippen molar-refractivity contribution in [2.45, 2.75) is 39.8 Å². The molecule has 13 heavy (non-hydrogen) atoms. The fraction of sp³-hybridized carbons (Fsp3) is 0.800. The van der Waals surface area contributed by atoms with Gasteiger partial charge in [0, 0.05) is 46.6 Å². The summed E-state index contributed by atoms with van der Waals surface area (Å²) in [4.78, 5) is 4.80. The molecule has 1 aliphatic heterocycles. The van der Waals surface area contributed by atoms with E-state index in [1.807, 2.05) is 0 Å². The van der Waals surface area contributed by atoms with Gasteiger partial charge in [-0.05, 0) is 19.8 Å². The molecule has 0 unspecified atom stereocenters. The zero-order valence-corrected chi connectivity index (χ0v) is 11.8. The number of hydrogen-bond acceptors (Lipinski definition) is 2. The Morgan fingerprint density at radius 1 is 1.00 bits per heavy atom. The summed E-state index contributed by atoms with van der Waals surface area (Å²) < 4.78 is 0. The summed E-state index contributed by atoms with van der Waals surface area (Å²) in [6.07, 6.45) is 7.46. The van der Waals surface area contributed by atoms with Crippen molar-refractivity contribution in [2.75, 3.05) is 13.1 Å². The molecule has 0 atom stereocenters. The molecule has 0 bridgehead atoms. The van der Waals surface area contributed by atoms with Gasteiger partial charge in [0.1, 0.15) is 0 Å². The molecule has 0 saturated heterocycles. The Morgan fingerprint density at radius 2 is 1.38 bits per heavy atom. The zero-order chi connectivity index (χ0) is 8.97. The molecule has 0 aromatic heterocycles. The van der Waals surface area contributed by atoms with Gasteiger partial charge in [0.05, 0.1) is 6.17 Å². The van der Waals surface area contributed by atoms with Crippen molar-refractivity contribution in [3.8, 4) is 0 Å². The molecular weight excluding hydrogens is 332 g/mol. The third-order valence-electron chi connectivity index (χ3n) is 2.37. The molecule has 1 heterocycles. The quantitative estimate of drug-likeness (QED) is 0.766. The van der Waals surface area contributed by atoms with Crippen molar-refractivity contribution < 1.29 is 21.1 Å². The van der Waals surface area contributed by atoms with Gasteiger partial charge in [0.2, 0.25) is 0 Å². The van der Waals surface area contributed by atoms with Crippen LogP contribution in [0.4, 0.5) is 0 Å². The van der Waals surface area contributed by atoms with Crippen LogP contribution in [0.25, 0.3) is 0 Å². The first-order chi connectivity index (χ1) is 5.79. The largest absolute Gasteiger partial charge is 0.356 e. The van der Waals surface area contributed by atoms with E-state index in [1.165, 1.54) is 25.9 Å². The number of nitrogens with zero attached hydrogens (tertiary/aromatic N) is 2. The van der Waals surface area contributed by atoms with Crippen LogP contribution in [0.15, 0.2) is 12.4 Å². The summed E-state index contributed by atoms with van der Waals surface area (Å²) in [5.41, 5.74) is 0. The Labute approximate surface area is 96.2 Å². The van der Waals surface area contributed by atoms with Gasteiger partial charge in [-0.15, -0.1) is 0 Å². The van der Waals surface area contributed by atoms with E-state index in [0.717, 1.165) is 0 Å². The zero-order valence-electron chi connectivity index (χ0n) is 8.86. The molecule has 2 nitrogen and oxygen atoms in total. The molecular formula is C10H20N2W. The normalized spacial score (nSPS) is 16.5. The Hall–Kier alpha value is 0.0283. The fourth-order valence-corrected chi connectivity index (χ4v) is 1.65. The molecule has 0 spiro atoms. The van der Waals surface area contributed by atoms with Crippen LogP contribution < -0.4 is 0 Å². The van der Waals surface area contributed by atoms with Crippen molar-refractivity contribution in [3.05, 3.63) is 12.4 Å². The van der Waals surface area contributed by atoms with Gasteiger partial charge < -0.3 is 9.80 Å². The minimum Gasteiger partial charge on any atom is -0.356 e. The summed E-state index contributed by atoms with van der Waals surface area (Å²) >= 11 is 0. The average molecular weight is 352 g/mol. The van der Waals surface area contributed by atoms with Crippen molar-refractivity contribution in [2.24, 2.45) is 0 Å². The Bertz CT molecular complexity index is 143. The first kappa shape index (κ1) is 13.0. The molecule has 0 radical (unpaired) electrons. The van der Waals surface area contributed by atoms with Crippen LogP contribution in [-0.2, 0) is 21.1 Å². The number of hydrogen-bond donors (Lipinski definition) is 0. The summed E-state index contributed by atoms with van der Waals surface area (Å²) in [6.45, 7) is 9.08.